The zero-order valence-corrected chi connectivity index (χ0v) is 10.3. The minimum Gasteiger partial charge on any atom is -0.198 e. The Bertz CT molecular complexity index is 328. The Hall–Kier alpha value is -0.650. The first kappa shape index (κ1) is 12.4. The van der Waals surface area contributed by atoms with Crippen molar-refractivity contribution in [2.75, 3.05) is 0 Å². The number of hydrogen-bond donors (Lipinski definition) is 0. The summed E-state index contributed by atoms with van der Waals surface area (Å²) in [6, 6.07) is 10.1. The minimum atomic E-state index is 0.450. The summed E-state index contributed by atoms with van der Waals surface area (Å²) >= 11 is 7.64. The molecular weight excluding hydrogens is 226 g/mol. The van der Waals surface area contributed by atoms with E-state index in [1.54, 1.807) is 0 Å². The molecule has 0 bridgehead atoms. The quantitative estimate of drug-likeness (QED) is 0.767. The maximum atomic E-state index is 8.62. The van der Waals surface area contributed by atoms with Gasteiger partial charge in [0, 0.05) is 22.4 Å². The molecule has 1 rings (SSSR count). The largest absolute Gasteiger partial charge is 0.198 e. The molecule has 0 saturated carbocycles. The molecule has 15 heavy (non-hydrogen) atoms. The van der Waals surface area contributed by atoms with Crippen molar-refractivity contribution in [3.8, 4) is 6.07 Å². The molecule has 1 unspecified atom stereocenters. The molecular formula is C12H14ClNS. The predicted octanol–water partition coefficient (Wildman–Crippen LogP) is 4.27. The number of thioether (sulfide) groups is 1. The van der Waals surface area contributed by atoms with Gasteiger partial charge in [-0.15, -0.1) is 0 Å². The lowest BCUT2D eigenvalue weighted by Crippen LogP contribution is -1.99. The van der Waals surface area contributed by atoms with Gasteiger partial charge in [-0.05, 0) is 24.1 Å². The summed E-state index contributed by atoms with van der Waals surface area (Å²) in [7, 11) is 0. The zero-order chi connectivity index (χ0) is 11.1. The van der Waals surface area contributed by atoms with E-state index in [-0.39, 0.29) is 0 Å². The summed E-state index contributed by atoms with van der Waals surface area (Å²) in [5.74, 6) is 0.956. The van der Waals surface area contributed by atoms with Crippen molar-refractivity contribution in [2.45, 2.75) is 30.8 Å². The van der Waals surface area contributed by atoms with Crippen LogP contribution in [0, 0.1) is 11.3 Å². The molecule has 1 atom stereocenters. The van der Waals surface area contributed by atoms with Crippen LogP contribution in [0.15, 0.2) is 24.3 Å². The van der Waals surface area contributed by atoms with Gasteiger partial charge in [-0.1, -0.05) is 30.7 Å². The average molecular weight is 240 g/mol. The van der Waals surface area contributed by atoms with Gasteiger partial charge in [-0.25, -0.2) is 0 Å². The number of halogens is 1. The molecule has 0 amide bonds. The topological polar surface area (TPSA) is 23.8 Å². The predicted molar refractivity (Wildman–Crippen MR) is 67.1 cm³/mol. The van der Waals surface area contributed by atoms with E-state index in [0.717, 1.165) is 17.2 Å². The Morgan fingerprint density at radius 3 is 2.60 bits per heavy atom. The van der Waals surface area contributed by atoms with E-state index in [1.165, 1.54) is 5.56 Å². The van der Waals surface area contributed by atoms with E-state index in [1.807, 2.05) is 36.0 Å². The molecule has 0 spiro atoms. The Balaban J connectivity index is 2.42. The van der Waals surface area contributed by atoms with E-state index in [2.05, 4.69) is 13.0 Å². The molecule has 0 radical (unpaired) electrons. The van der Waals surface area contributed by atoms with Crippen molar-refractivity contribution in [3.63, 3.8) is 0 Å². The second-order valence-electron chi connectivity index (χ2n) is 3.33. The van der Waals surface area contributed by atoms with E-state index < -0.39 is 0 Å². The van der Waals surface area contributed by atoms with E-state index in [0.29, 0.717) is 11.7 Å². The van der Waals surface area contributed by atoms with Crippen LogP contribution in [0.5, 0.6) is 0 Å². The lowest BCUT2D eigenvalue weighted by Gasteiger charge is -2.10. The summed E-state index contributed by atoms with van der Waals surface area (Å²) in [6.07, 6.45) is 1.68. The van der Waals surface area contributed by atoms with Gasteiger partial charge in [-0.3, -0.25) is 0 Å². The van der Waals surface area contributed by atoms with Gasteiger partial charge in [-0.2, -0.15) is 17.0 Å². The van der Waals surface area contributed by atoms with Gasteiger partial charge in [0.05, 0.1) is 6.07 Å². The third-order valence-electron chi connectivity index (χ3n) is 2.17. The number of nitriles is 1. The molecule has 3 heteroatoms. The third kappa shape index (κ3) is 4.59. The molecule has 0 aliphatic carbocycles. The Kier molecular flexibility index (Phi) is 5.60. The molecule has 0 heterocycles. The van der Waals surface area contributed by atoms with Crippen LogP contribution in [0.4, 0.5) is 0 Å². The zero-order valence-electron chi connectivity index (χ0n) is 8.74. The van der Waals surface area contributed by atoms with Crippen LogP contribution in [0.2, 0.25) is 5.02 Å². The Morgan fingerprint density at radius 2 is 2.07 bits per heavy atom. The van der Waals surface area contributed by atoms with Crippen molar-refractivity contribution >= 4 is 23.4 Å². The van der Waals surface area contributed by atoms with Gasteiger partial charge < -0.3 is 0 Å². The fourth-order valence-corrected chi connectivity index (χ4v) is 2.39. The van der Waals surface area contributed by atoms with E-state index in [4.69, 9.17) is 16.9 Å². The first-order valence-electron chi connectivity index (χ1n) is 4.99. The summed E-state index contributed by atoms with van der Waals surface area (Å²) < 4.78 is 0. The standard InChI is InChI=1S/C12H14ClNS/c1-2-12(7-8-14)15-9-10-3-5-11(13)6-4-10/h3-6,12H,2,7,9H2,1H3. The molecule has 0 aliphatic rings. The summed E-state index contributed by atoms with van der Waals surface area (Å²) in [6.45, 7) is 2.12. The fourth-order valence-electron chi connectivity index (χ4n) is 1.22. The average Bonchev–Trinajstić information content (AvgIpc) is 2.26. The SMILES string of the molecule is CCC(CC#N)SCc1ccc(Cl)cc1. The molecule has 0 aliphatic heterocycles. The van der Waals surface area contributed by atoms with Gasteiger partial charge >= 0.3 is 0 Å². The van der Waals surface area contributed by atoms with Gasteiger partial charge in [0.1, 0.15) is 0 Å². The van der Waals surface area contributed by atoms with Crippen molar-refractivity contribution in [1.82, 2.24) is 0 Å². The highest BCUT2D eigenvalue weighted by Gasteiger charge is 2.06. The monoisotopic (exact) mass is 239 g/mol. The second kappa shape index (κ2) is 6.76. The number of hydrogen-bond acceptors (Lipinski definition) is 2. The molecule has 80 valence electrons. The molecule has 0 aromatic heterocycles. The number of rotatable bonds is 5. The summed E-state index contributed by atoms with van der Waals surface area (Å²) in [5.41, 5.74) is 1.26. The lowest BCUT2D eigenvalue weighted by molar-refractivity contribution is 0.842. The molecule has 1 nitrogen and oxygen atoms in total. The normalized spacial score (nSPS) is 12.1. The van der Waals surface area contributed by atoms with Crippen molar-refractivity contribution in [3.05, 3.63) is 34.9 Å². The maximum absolute atomic E-state index is 8.62. The smallest absolute Gasteiger partial charge is 0.0633 e. The maximum Gasteiger partial charge on any atom is 0.0633 e. The summed E-state index contributed by atoms with van der Waals surface area (Å²) in [5, 5.41) is 9.84. The van der Waals surface area contributed by atoms with Gasteiger partial charge in [0.25, 0.3) is 0 Å². The van der Waals surface area contributed by atoms with Gasteiger partial charge in [0.2, 0.25) is 0 Å². The number of nitrogens with zero attached hydrogens (tertiary/aromatic N) is 1. The van der Waals surface area contributed by atoms with Crippen LogP contribution in [-0.2, 0) is 5.75 Å². The van der Waals surface area contributed by atoms with Crippen LogP contribution in [0.25, 0.3) is 0 Å². The molecule has 0 saturated heterocycles. The van der Waals surface area contributed by atoms with Crippen molar-refractivity contribution in [1.29, 1.82) is 5.26 Å². The molecule has 1 aromatic rings. The van der Waals surface area contributed by atoms with Crippen LogP contribution in [0.3, 0.4) is 0 Å². The molecule has 0 fully saturated rings. The van der Waals surface area contributed by atoms with Crippen LogP contribution < -0.4 is 0 Å². The van der Waals surface area contributed by atoms with Crippen LogP contribution in [0.1, 0.15) is 25.3 Å². The third-order valence-corrected chi connectivity index (χ3v) is 3.90. The Morgan fingerprint density at radius 1 is 1.40 bits per heavy atom. The first-order valence-corrected chi connectivity index (χ1v) is 6.42. The van der Waals surface area contributed by atoms with E-state index >= 15 is 0 Å². The highest BCUT2D eigenvalue weighted by Crippen LogP contribution is 2.23. The van der Waals surface area contributed by atoms with Crippen LogP contribution >= 0.6 is 23.4 Å². The number of benzene rings is 1. The lowest BCUT2D eigenvalue weighted by atomic mass is 10.2. The highest BCUT2D eigenvalue weighted by atomic mass is 35.5. The Labute approximate surface area is 100 Å². The summed E-state index contributed by atoms with van der Waals surface area (Å²) in [4.78, 5) is 0. The van der Waals surface area contributed by atoms with Crippen molar-refractivity contribution in [2.24, 2.45) is 0 Å². The second-order valence-corrected chi connectivity index (χ2v) is 5.06. The first-order chi connectivity index (χ1) is 7.26. The van der Waals surface area contributed by atoms with E-state index in [9.17, 15) is 0 Å². The minimum absolute atomic E-state index is 0.450. The molecule has 0 N–H and O–H groups in total. The van der Waals surface area contributed by atoms with Crippen molar-refractivity contribution < 1.29 is 0 Å². The molecule has 1 aromatic carbocycles. The highest BCUT2D eigenvalue weighted by molar-refractivity contribution is 7.99. The fraction of sp³-hybridized carbons (Fsp3) is 0.417. The van der Waals surface area contributed by atoms with Gasteiger partial charge in [0.15, 0.2) is 0 Å². The van der Waals surface area contributed by atoms with Crippen LogP contribution in [-0.4, -0.2) is 5.25 Å².